The highest BCUT2D eigenvalue weighted by Crippen LogP contribution is 2.23. The molecule has 0 spiro atoms. The summed E-state index contributed by atoms with van der Waals surface area (Å²) < 4.78 is 0. The maximum absolute atomic E-state index is 12.1. The number of hydrogen-bond acceptors (Lipinski definition) is 5. The zero-order valence-electron chi connectivity index (χ0n) is 16.1. The number of nitrogens with zero attached hydrogens (tertiary/aromatic N) is 2. The van der Waals surface area contributed by atoms with Gasteiger partial charge in [-0.05, 0) is 42.5 Å². The van der Waals surface area contributed by atoms with Crippen molar-refractivity contribution in [2.45, 2.75) is 26.8 Å². The zero-order valence-corrected chi connectivity index (χ0v) is 17.6. The monoisotopic (exact) mass is 420 g/mol. The number of anilines is 1. The fourth-order valence-electron chi connectivity index (χ4n) is 3.61. The van der Waals surface area contributed by atoms with Gasteiger partial charge in [0.1, 0.15) is 0 Å². The standard InChI is InChI=1S/C20H25ClN4O2S/c1-13-7-14(2)10-25(9-13)11-17-12-28-20(23-17)24-18(26)8-22-19(27)15-3-5-16(21)6-4-15/h3-6,12-14H,7-11H2,1-2H3,(H,22,27)(H,23,24,26). The molecular weight excluding hydrogens is 396 g/mol. The summed E-state index contributed by atoms with van der Waals surface area (Å²) in [6.07, 6.45) is 1.27. The summed E-state index contributed by atoms with van der Waals surface area (Å²) in [5.74, 6) is 0.778. The molecule has 2 unspecified atom stereocenters. The molecule has 6 nitrogen and oxygen atoms in total. The highest BCUT2D eigenvalue weighted by atomic mass is 35.5. The number of amides is 2. The van der Waals surface area contributed by atoms with Gasteiger partial charge in [-0.15, -0.1) is 11.3 Å². The molecule has 2 N–H and O–H groups in total. The quantitative estimate of drug-likeness (QED) is 0.748. The van der Waals surface area contributed by atoms with Gasteiger partial charge < -0.3 is 10.6 Å². The van der Waals surface area contributed by atoms with Gasteiger partial charge in [0.25, 0.3) is 5.91 Å². The molecule has 0 saturated carbocycles. The molecule has 1 fully saturated rings. The third-order valence-corrected chi connectivity index (χ3v) is 5.70. The number of piperidine rings is 1. The Hall–Kier alpha value is -1.96. The number of halogens is 1. The van der Waals surface area contributed by atoms with E-state index in [1.165, 1.54) is 17.8 Å². The minimum Gasteiger partial charge on any atom is -0.343 e. The average Bonchev–Trinajstić information content (AvgIpc) is 3.06. The number of rotatable bonds is 6. The summed E-state index contributed by atoms with van der Waals surface area (Å²) in [4.78, 5) is 31.1. The molecule has 1 saturated heterocycles. The van der Waals surface area contributed by atoms with Crippen LogP contribution in [-0.4, -0.2) is 41.3 Å². The normalized spacial score (nSPS) is 20.0. The van der Waals surface area contributed by atoms with Crippen LogP contribution < -0.4 is 10.6 Å². The summed E-state index contributed by atoms with van der Waals surface area (Å²) in [6, 6.07) is 6.50. The molecule has 0 radical (unpaired) electrons. The van der Waals surface area contributed by atoms with Crippen molar-refractivity contribution in [1.29, 1.82) is 0 Å². The van der Waals surface area contributed by atoms with Crippen molar-refractivity contribution in [3.05, 3.63) is 45.9 Å². The first-order chi connectivity index (χ1) is 13.4. The number of hydrogen-bond donors (Lipinski definition) is 2. The van der Waals surface area contributed by atoms with Gasteiger partial charge >= 0.3 is 0 Å². The van der Waals surface area contributed by atoms with Gasteiger partial charge in [0, 0.05) is 35.6 Å². The summed E-state index contributed by atoms with van der Waals surface area (Å²) in [5.41, 5.74) is 1.42. The zero-order chi connectivity index (χ0) is 20.1. The largest absolute Gasteiger partial charge is 0.343 e. The van der Waals surface area contributed by atoms with E-state index in [4.69, 9.17) is 11.6 Å². The lowest BCUT2D eigenvalue weighted by atomic mass is 9.92. The number of aromatic nitrogens is 1. The van der Waals surface area contributed by atoms with Crippen molar-refractivity contribution in [1.82, 2.24) is 15.2 Å². The van der Waals surface area contributed by atoms with Crippen LogP contribution in [-0.2, 0) is 11.3 Å². The number of likely N-dealkylation sites (tertiary alicyclic amines) is 1. The second kappa shape index (κ2) is 9.49. The van der Waals surface area contributed by atoms with Gasteiger partial charge in [0.05, 0.1) is 12.2 Å². The second-order valence-electron chi connectivity index (χ2n) is 7.52. The molecule has 28 heavy (non-hydrogen) atoms. The van der Waals surface area contributed by atoms with Crippen LogP contribution in [0.25, 0.3) is 0 Å². The maximum Gasteiger partial charge on any atom is 0.251 e. The first kappa shape index (κ1) is 20.8. The van der Waals surface area contributed by atoms with Gasteiger partial charge in [-0.25, -0.2) is 4.98 Å². The van der Waals surface area contributed by atoms with E-state index in [2.05, 4.69) is 34.4 Å². The Kier molecular flexibility index (Phi) is 7.04. The van der Waals surface area contributed by atoms with E-state index in [0.29, 0.717) is 27.6 Å². The van der Waals surface area contributed by atoms with Crippen LogP contribution in [0.15, 0.2) is 29.6 Å². The molecule has 8 heteroatoms. The molecule has 1 aromatic carbocycles. The first-order valence-electron chi connectivity index (χ1n) is 9.39. The third kappa shape index (κ3) is 6.02. The number of nitrogens with one attached hydrogen (secondary N) is 2. The van der Waals surface area contributed by atoms with Crippen molar-refractivity contribution in [3.63, 3.8) is 0 Å². The first-order valence-corrected chi connectivity index (χ1v) is 10.6. The van der Waals surface area contributed by atoms with Gasteiger partial charge in [-0.2, -0.15) is 0 Å². The summed E-state index contributed by atoms with van der Waals surface area (Å²) in [5, 5.41) is 8.43. The Bertz CT molecular complexity index is 814. The van der Waals surface area contributed by atoms with E-state index in [1.54, 1.807) is 24.3 Å². The lowest BCUT2D eigenvalue weighted by molar-refractivity contribution is -0.115. The predicted molar refractivity (Wildman–Crippen MR) is 113 cm³/mol. The second-order valence-corrected chi connectivity index (χ2v) is 8.82. The smallest absolute Gasteiger partial charge is 0.251 e. The summed E-state index contributed by atoms with van der Waals surface area (Å²) in [6.45, 7) is 7.42. The molecule has 2 aromatic rings. The van der Waals surface area contributed by atoms with E-state index >= 15 is 0 Å². The van der Waals surface area contributed by atoms with E-state index in [0.717, 1.165) is 25.3 Å². The highest BCUT2D eigenvalue weighted by molar-refractivity contribution is 7.13. The van der Waals surface area contributed by atoms with Crippen molar-refractivity contribution >= 4 is 39.9 Å². The van der Waals surface area contributed by atoms with Gasteiger partial charge in [0.15, 0.2) is 5.13 Å². The minimum atomic E-state index is -0.319. The number of carbonyl (C=O) groups is 2. The molecule has 0 bridgehead atoms. The predicted octanol–water partition coefficient (Wildman–Crippen LogP) is 3.64. The molecule has 150 valence electrons. The van der Waals surface area contributed by atoms with Gasteiger partial charge in [-0.3, -0.25) is 14.5 Å². The van der Waals surface area contributed by atoms with Crippen LogP contribution in [0.4, 0.5) is 5.13 Å². The van der Waals surface area contributed by atoms with E-state index in [1.807, 2.05) is 5.38 Å². The Morgan fingerprint density at radius 1 is 1.21 bits per heavy atom. The molecule has 2 amide bonds. The summed E-state index contributed by atoms with van der Waals surface area (Å²) >= 11 is 7.21. The van der Waals surface area contributed by atoms with Crippen molar-refractivity contribution < 1.29 is 9.59 Å². The van der Waals surface area contributed by atoms with E-state index in [9.17, 15) is 9.59 Å². The molecule has 0 aliphatic carbocycles. The minimum absolute atomic E-state index is 0.114. The Labute approximate surface area is 174 Å². The van der Waals surface area contributed by atoms with Crippen molar-refractivity contribution in [2.24, 2.45) is 11.8 Å². The van der Waals surface area contributed by atoms with Crippen LogP contribution in [0.1, 0.15) is 36.3 Å². The molecule has 1 aliphatic heterocycles. The van der Waals surface area contributed by atoms with Crippen LogP contribution in [0.3, 0.4) is 0 Å². The lowest BCUT2D eigenvalue weighted by Crippen LogP contribution is -2.38. The van der Waals surface area contributed by atoms with E-state index < -0.39 is 0 Å². The Balaban J connectivity index is 1.46. The van der Waals surface area contributed by atoms with Gasteiger partial charge in [-0.1, -0.05) is 25.4 Å². The van der Waals surface area contributed by atoms with Crippen LogP contribution in [0.2, 0.25) is 5.02 Å². The number of carbonyl (C=O) groups excluding carboxylic acids is 2. The Morgan fingerprint density at radius 3 is 2.57 bits per heavy atom. The molecular formula is C20H25ClN4O2S. The fraction of sp³-hybridized carbons (Fsp3) is 0.450. The van der Waals surface area contributed by atoms with Crippen molar-refractivity contribution in [3.8, 4) is 0 Å². The van der Waals surface area contributed by atoms with E-state index in [-0.39, 0.29) is 18.4 Å². The Morgan fingerprint density at radius 2 is 1.89 bits per heavy atom. The van der Waals surface area contributed by atoms with Crippen LogP contribution >= 0.6 is 22.9 Å². The van der Waals surface area contributed by atoms with Gasteiger partial charge in [0.2, 0.25) is 5.91 Å². The molecule has 1 aromatic heterocycles. The average molecular weight is 421 g/mol. The number of thiazole rings is 1. The number of benzene rings is 1. The maximum atomic E-state index is 12.1. The molecule has 3 rings (SSSR count). The van der Waals surface area contributed by atoms with Crippen LogP contribution in [0.5, 0.6) is 0 Å². The molecule has 1 aliphatic rings. The molecule has 2 heterocycles. The SMILES string of the molecule is CC1CC(C)CN(Cc2csc(NC(=O)CNC(=O)c3ccc(Cl)cc3)n2)C1. The third-order valence-electron chi connectivity index (χ3n) is 4.64. The fourth-order valence-corrected chi connectivity index (χ4v) is 4.46. The molecule has 2 atom stereocenters. The highest BCUT2D eigenvalue weighted by Gasteiger charge is 2.22. The van der Waals surface area contributed by atoms with Crippen molar-refractivity contribution in [2.75, 3.05) is 25.0 Å². The summed E-state index contributed by atoms with van der Waals surface area (Å²) in [7, 11) is 0. The topological polar surface area (TPSA) is 74.3 Å². The lowest BCUT2D eigenvalue weighted by Gasteiger charge is -2.34. The van der Waals surface area contributed by atoms with Crippen LogP contribution in [0, 0.1) is 11.8 Å².